The van der Waals surface area contributed by atoms with E-state index in [2.05, 4.69) is 20.2 Å². The number of H-pyrrole nitrogens is 2. The van der Waals surface area contributed by atoms with Gasteiger partial charge in [-0.25, -0.2) is 4.98 Å². The highest BCUT2D eigenvalue weighted by Gasteiger charge is 2.65. The lowest BCUT2D eigenvalue weighted by atomic mass is 9.88. The lowest BCUT2D eigenvalue weighted by Gasteiger charge is -2.33. The summed E-state index contributed by atoms with van der Waals surface area (Å²) in [6.45, 7) is -0.883. The number of aromatic amines is 2. The van der Waals surface area contributed by atoms with Gasteiger partial charge in [-0.2, -0.15) is 18.3 Å². The van der Waals surface area contributed by atoms with Crippen molar-refractivity contribution in [3.05, 3.63) is 68.7 Å². The van der Waals surface area contributed by atoms with Crippen LogP contribution < -0.4 is 5.56 Å². The van der Waals surface area contributed by atoms with Gasteiger partial charge in [0.1, 0.15) is 12.2 Å². The van der Waals surface area contributed by atoms with Crippen molar-refractivity contribution in [2.45, 2.75) is 50.2 Å². The van der Waals surface area contributed by atoms with Crippen LogP contribution in [-0.2, 0) is 16.1 Å². The average Bonchev–Trinajstić information content (AvgIpc) is 3.46. The van der Waals surface area contributed by atoms with Gasteiger partial charge in [0.05, 0.1) is 22.2 Å². The van der Waals surface area contributed by atoms with Gasteiger partial charge in [-0.3, -0.25) is 19.5 Å². The van der Waals surface area contributed by atoms with Crippen LogP contribution in [0.5, 0.6) is 0 Å². The number of piperidine rings is 1. The molecule has 2 N–H and O–H groups in total. The zero-order valence-corrected chi connectivity index (χ0v) is 23.1. The number of nitrogens with one attached hydrogen (secondary N) is 2. The molecular weight excluding hydrogens is 573 g/mol. The Hall–Kier alpha value is -3.93. The number of hydrogen-bond donors (Lipinski definition) is 2. The van der Waals surface area contributed by atoms with E-state index in [1.54, 1.807) is 23.2 Å². The summed E-state index contributed by atoms with van der Waals surface area (Å²) >= 11 is 6.48. The van der Waals surface area contributed by atoms with Crippen molar-refractivity contribution in [3.63, 3.8) is 0 Å². The van der Waals surface area contributed by atoms with Gasteiger partial charge in [-0.15, -0.1) is 0 Å². The molecule has 0 radical (unpaired) electrons. The molecule has 1 unspecified atom stereocenters. The first kappa shape index (κ1) is 26.9. The second kappa shape index (κ2) is 9.55. The van der Waals surface area contributed by atoms with Crippen LogP contribution in [0.1, 0.15) is 54.2 Å². The molecule has 3 aliphatic rings. The first-order valence-corrected chi connectivity index (χ1v) is 14.2. The van der Waals surface area contributed by atoms with Gasteiger partial charge in [-0.05, 0) is 60.6 Å². The Bertz CT molecular complexity index is 1810. The van der Waals surface area contributed by atoms with Crippen LogP contribution in [0, 0.1) is 5.41 Å². The molecule has 2 amide bonds. The molecule has 3 aromatic heterocycles. The number of alkyl halides is 3. The second-order valence-corrected chi connectivity index (χ2v) is 12.0. The van der Waals surface area contributed by atoms with Crippen LogP contribution in [0.2, 0.25) is 5.02 Å². The second-order valence-electron chi connectivity index (χ2n) is 11.6. The summed E-state index contributed by atoms with van der Waals surface area (Å²) in [5.41, 5.74) is 1.48. The smallest absolute Gasteiger partial charge is 0.343 e. The van der Waals surface area contributed by atoms with E-state index in [9.17, 15) is 27.6 Å². The normalized spacial score (nSPS) is 22.8. The minimum Gasteiger partial charge on any atom is -0.343 e. The maximum absolute atomic E-state index is 13.8. The number of amides is 2. The van der Waals surface area contributed by atoms with E-state index in [-0.39, 0.29) is 36.8 Å². The topological polar surface area (TPSA) is 115 Å². The number of carbonyl (C=O) groups is 2. The monoisotopic (exact) mass is 598 g/mol. The largest absolute Gasteiger partial charge is 0.406 e. The number of rotatable bonds is 4. The zero-order valence-electron chi connectivity index (χ0n) is 22.3. The molecule has 1 aromatic carbocycles. The molecule has 2 atom stereocenters. The molecule has 9 nitrogen and oxygen atoms in total. The maximum Gasteiger partial charge on any atom is 0.406 e. The lowest BCUT2D eigenvalue weighted by molar-refractivity contribution is -0.166. The molecule has 42 heavy (non-hydrogen) atoms. The third kappa shape index (κ3) is 4.43. The highest BCUT2D eigenvalue weighted by molar-refractivity contribution is 6.35. The van der Waals surface area contributed by atoms with Crippen molar-refractivity contribution in [3.8, 4) is 0 Å². The van der Waals surface area contributed by atoms with Crippen LogP contribution in [0.3, 0.4) is 0 Å². The molecule has 1 saturated heterocycles. The number of nitrogens with zero attached hydrogens (tertiary/aromatic N) is 4. The Morgan fingerprint density at radius 3 is 2.71 bits per heavy atom. The fraction of sp³-hybridized carbons (Fsp3) is 0.414. The molecule has 218 valence electrons. The molecule has 2 aliphatic heterocycles. The molecule has 1 aliphatic carbocycles. The van der Waals surface area contributed by atoms with Gasteiger partial charge in [0.25, 0.3) is 5.56 Å². The highest BCUT2D eigenvalue weighted by Crippen LogP contribution is 2.65. The molecule has 1 saturated carbocycles. The Morgan fingerprint density at radius 1 is 1.17 bits per heavy atom. The fourth-order valence-electron chi connectivity index (χ4n) is 6.95. The summed E-state index contributed by atoms with van der Waals surface area (Å²) in [6, 6.07) is 7.21. The molecule has 13 heteroatoms. The Kier molecular flexibility index (Phi) is 6.12. The van der Waals surface area contributed by atoms with Gasteiger partial charge >= 0.3 is 6.18 Å². The van der Waals surface area contributed by atoms with Crippen molar-refractivity contribution in [2.24, 2.45) is 5.41 Å². The maximum atomic E-state index is 13.8. The molecule has 0 bridgehead atoms. The summed E-state index contributed by atoms with van der Waals surface area (Å²) < 4.78 is 40.8. The van der Waals surface area contributed by atoms with Gasteiger partial charge in [0.2, 0.25) is 11.8 Å². The van der Waals surface area contributed by atoms with Crippen molar-refractivity contribution >= 4 is 45.4 Å². The lowest BCUT2D eigenvalue weighted by Crippen LogP contribution is -2.45. The summed E-state index contributed by atoms with van der Waals surface area (Å²) in [6.07, 6.45) is -0.273. The average molecular weight is 599 g/mol. The first-order valence-electron chi connectivity index (χ1n) is 13.8. The Morgan fingerprint density at radius 2 is 1.95 bits per heavy atom. The number of hydrogen-bond acceptors (Lipinski definition) is 5. The number of fused-ring (bicyclic) bond motifs is 6. The third-order valence-electron chi connectivity index (χ3n) is 9.12. The molecule has 5 heterocycles. The minimum absolute atomic E-state index is 0.0533. The summed E-state index contributed by atoms with van der Waals surface area (Å²) in [4.78, 5) is 49.6. The van der Waals surface area contributed by atoms with Crippen molar-refractivity contribution in [2.75, 3.05) is 19.6 Å². The van der Waals surface area contributed by atoms with Crippen LogP contribution >= 0.6 is 11.6 Å². The zero-order chi connectivity index (χ0) is 29.4. The molecular formula is C29H26ClF3N6O3. The van der Waals surface area contributed by atoms with E-state index < -0.39 is 30.0 Å². The van der Waals surface area contributed by atoms with E-state index in [0.29, 0.717) is 64.2 Å². The minimum atomic E-state index is -4.60. The van der Waals surface area contributed by atoms with E-state index >= 15 is 0 Å². The summed E-state index contributed by atoms with van der Waals surface area (Å²) in [5, 5.41) is 8.56. The van der Waals surface area contributed by atoms with Gasteiger partial charge in [0.15, 0.2) is 0 Å². The Balaban J connectivity index is 1.13. The molecule has 7 rings (SSSR count). The quantitative estimate of drug-likeness (QED) is 0.356. The number of benzene rings is 1. The summed E-state index contributed by atoms with van der Waals surface area (Å²) in [5.74, 6) is -1.40. The van der Waals surface area contributed by atoms with Crippen LogP contribution in [0.25, 0.3) is 21.9 Å². The number of halogens is 4. The van der Waals surface area contributed by atoms with Gasteiger partial charge in [-0.1, -0.05) is 11.6 Å². The van der Waals surface area contributed by atoms with Gasteiger partial charge < -0.3 is 14.8 Å². The Labute approximate surface area is 242 Å². The van der Waals surface area contributed by atoms with Crippen LogP contribution in [0.15, 0.2) is 41.5 Å². The number of pyridine rings is 2. The SMILES string of the molecule is O=C(CC12C[C@@H]1c1cc(Cl)c3[nH]ncc3c1CN(CC(F)(F)F)C2=O)N1CCC(c2cc3cccnc3[nH]c2=O)CC1. The standard InChI is InChI=1S/C29H26ClF3N6O3/c30-22-9-18-20(19-12-35-37-24(19)22)13-39(14-29(31,32)33)27(42)28(10-21(18)28)11-23(40)38-6-3-15(4-7-38)17-8-16-2-1-5-34-25(16)36-26(17)41/h1-2,5,8-9,12,15,21H,3-4,6-7,10-11,13-14H2,(H,35,37)(H,34,36,41)/t21-,28?/m1/s1. The van der Waals surface area contributed by atoms with E-state index in [1.165, 1.54) is 6.20 Å². The third-order valence-corrected chi connectivity index (χ3v) is 9.41. The van der Waals surface area contributed by atoms with Crippen LogP contribution in [0.4, 0.5) is 13.2 Å². The molecule has 2 fully saturated rings. The molecule has 4 aromatic rings. The predicted molar refractivity (Wildman–Crippen MR) is 148 cm³/mol. The van der Waals surface area contributed by atoms with Gasteiger partial charge in [0, 0.05) is 54.5 Å². The summed E-state index contributed by atoms with van der Waals surface area (Å²) in [7, 11) is 0. The van der Waals surface area contributed by atoms with E-state index in [4.69, 9.17) is 11.6 Å². The number of aromatic nitrogens is 4. The highest BCUT2D eigenvalue weighted by atomic mass is 35.5. The van der Waals surface area contributed by atoms with E-state index in [1.807, 2.05) is 12.1 Å². The predicted octanol–water partition coefficient (Wildman–Crippen LogP) is 4.63. The fourth-order valence-corrected chi connectivity index (χ4v) is 7.22. The van der Waals surface area contributed by atoms with Crippen molar-refractivity contribution < 1.29 is 22.8 Å². The molecule has 0 spiro atoms. The van der Waals surface area contributed by atoms with E-state index in [0.717, 1.165) is 10.3 Å². The van der Waals surface area contributed by atoms with Crippen LogP contribution in [-0.4, -0.2) is 67.6 Å². The van der Waals surface area contributed by atoms with Crippen molar-refractivity contribution in [1.29, 1.82) is 0 Å². The van der Waals surface area contributed by atoms with Crippen molar-refractivity contribution in [1.82, 2.24) is 30.0 Å². The first-order chi connectivity index (χ1) is 20.0. The number of carbonyl (C=O) groups excluding carboxylic acids is 2. The number of likely N-dealkylation sites (tertiary alicyclic amines) is 1.